The van der Waals surface area contributed by atoms with E-state index < -0.39 is 0 Å². The molecule has 0 unspecified atom stereocenters. The van der Waals surface area contributed by atoms with E-state index >= 15 is 0 Å². The van der Waals surface area contributed by atoms with E-state index in [2.05, 4.69) is 27.6 Å². The number of rotatable bonds is 2. The van der Waals surface area contributed by atoms with E-state index in [1.165, 1.54) is 21.1 Å². The summed E-state index contributed by atoms with van der Waals surface area (Å²) in [6, 6.07) is 5.74. The van der Waals surface area contributed by atoms with E-state index in [9.17, 15) is 9.18 Å². The normalized spacial score (nSPS) is 11.2. The molecule has 0 atom stereocenters. The van der Waals surface area contributed by atoms with Crippen LogP contribution < -0.4 is 5.69 Å². The van der Waals surface area contributed by atoms with Crippen LogP contribution in [0, 0.1) is 9.39 Å². The number of nitrogens with zero attached hydrogens (tertiary/aromatic N) is 3. The summed E-state index contributed by atoms with van der Waals surface area (Å²) >= 11 is 7.85. The minimum absolute atomic E-state index is 0.244. The Hall–Kier alpha value is -1.41. The van der Waals surface area contributed by atoms with Gasteiger partial charge in [-0.25, -0.2) is 18.6 Å². The Morgan fingerprint density at radius 2 is 1.95 bits per heavy atom. The van der Waals surface area contributed by atoms with Crippen LogP contribution >= 0.6 is 34.2 Å². The third-order valence-electron chi connectivity index (χ3n) is 2.87. The second kappa shape index (κ2) is 5.17. The highest BCUT2D eigenvalue weighted by atomic mass is 127. The summed E-state index contributed by atoms with van der Waals surface area (Å²) in [5.74, 6) is -0.0991. The van der Waals surface area contributed by atoms with Crippen molar-refractivity contribution in [2.75, 3.05) is 0 Å². The highest BCUT2D eigenvalue weighted by molar-refractivity contribution is 14.1. The first-order chi connectivity index (χ1) is 9.60. The molecular weight excluding hydrogens is 396 g/mol. The predicted octanol–water partition coefficient (Wildman–Crippen LogP) is 2.97. The van der Waals surface area contributed by atoms with Gasteiger partial charge in [-0.15, -0.1) is 11.6 Å². The third kappa shape index (κ3) is 2.22. The van der Waals surface area contributed by atoms with Crippen molar-refractivity contribution < 1.29 is 4.39 Å². The summed E-state index contributed by atoms with van der Waals surface area (Å²) in [5, 5.41) is 0. The summed E-state index contributed by atoms with van der Waals surface area (Å²) in [6.45, 7) is 0. The number of imidazole rings is 1. The third-order valence-corrected chi connectivity index (χ3v) is 3.90. The number of halogens is 3. The van der Waals surface area contributed by atoms with Crippen molar-refractivity contribution in [2.24, 2.45) is 0 Å². The molecule has 7 heteroatoms. The van der Waals surface area contributed by atoms with E-state index in [1.54, 1.807) is 24.5 Å². The summed E-state index contributed by atoms with van der Waals surface area (Å²) in [4.78, 5) is 16.7. The van der Waals surface area contributed by atoms with Gasteiger partial charge in [0.1, 0.15) is 5.82 Å². The Morgan fingerprint density at radius 3 is 2.60 bits per heavy atom. The van der Waals surface area contributed by atoms with Gasteiger partial charge in [0.05, 0.1) is 20.8 Å². The van der Waals surface area contributed by atoms with Crippen LogP contribution in [-0.2, 0) is 5.88 Å². The van der Waals surface area contributed by atoms with Crippen molar-refractivity contribution in [3.8, 4) is 5.69 Å². The van der Waals surface area contributed by atoms with Crippen molar-refractivity contribution in [1.82, 2.24) is 14.0 Å². The van der Waals surface area contributed by atoms with E-state index in [4.69, 9.17) is 11.6 Å². The number of aromatic nitrogens is 3. The Bertz CT molecular complexity index is 841. The average molecular weight is 404 g/mol. The highest BCUT2D eigenvalue weighted by Crippen LogP contribution is 2.15. The van der Waals surface area contributed by atoms with Crippen molar-refractivity contribution in [3.05, 3.63) is 62.2 Å². The molecule has 0 N–H and O–H groups in total. The lowest BCUT2D eigenvalue weighted by Crippen LogP contribution is -2.25. The Labute approximate surface area is 132 Å². The molecule has 0 fully saturated rings. The van der Waals surface area contributed by atoms with Crippen LogP contribution in [0.3, 0.4) is 0 Å². The molecule has 0 saturated heterocycles. The van der Waals surface area contributed by atoms with Gasteiger partial charge in [0.25, 0.3) is 0 Å². The number of alkyl halides is 1. The van der Waals surface area contributed by atoms with E-state index in [1.807, 2.05) is 0 Å². The molecule has 2 aromatic heterocycles. The van der Waals surface area contributed by atoms with E-state index in [0.29, 0.717) is 17.0 Å². The van der Waals surface area contributed by atoms with Gasteiger partial charge in [-0.05, 0) is 46.9 Å². The lowest BCUT2D eigenvalue weighted by molar-refractivity contribution is 0.627. The topological polar surface area (TPSA) is 39.3 Å². The fourth-order valence-corrected chi connectivity index (χ4v) is 2.72. The molecule has 0 aliphatic rings. The first kappa shape index (κ1) is 13.6. The Kier molecular flexibility index (Phi) is 3.51. The zero-order valence-electron chi connectivity index (χ0n) is 10.1. The predicted molar refractivity (Wildman–Crippen MR) is 83.0 cm³/mol. The van der Waals surface area contributed by atoms with Crippen LogP contribution in [0.5, 0.6) is 0 Å². The van der Waals surface area contributed by atoms with Crippen LogP contribution in [0.4, 0.5) is 4.39 Å². The molecular formula is C13H8ClFIN3O. The smallest absolute Gasteiger partial charge is 0.268 e. The van der Waals surface area contributed by atoms with E-state index in [0.717, 1.165) is 3.57 Å². The fraction of sp³-hybridized carbons (Fsp3) is 0.0769. The molecule has 20 heavy (non-hydrogen) atoms. The minimum Gasteiger partial charge on any atom is -0.268 e. The molecule has 0 radical (unpaired) electrons. The van der Waals surface area contributed by atoms with Crippen molar-refractivity contribution in [2.45, 2.75) is 5.88 Å². The molecule has 3 aromatic rings. The van der Waals surface area contributed by atoms with Gasteiger partial charge in [0, 0.05) is 12.4 Å². The van der Waals surface area contributed by atoms with Gasteiger partial charge in [-0.3, -0.25) is 4.57 Å². The molecule has 3 rings (SSSR count). The van der Waals surface area contributed by atoms with Crippen molar-refractivity contribution in [1.29, 1.82) is 0 Å². The number of hydrogen-bond donors (Lipinski definition) is 0. The van der Waals surface area contributed by atoms with Crippen LogP contribution in [0.2, 0.25) is 0 Å². The van der Waals surface area contributed by atoms with Crippen molar-refractivity contribution in [3.63, 3.8) is 0 Å². The maximum atomic E-state index is 13.0. The highest BCUT2D eigenvalue weighted by Gasteiger charge is 2.11. The zero-order valence-corrected chi connectivity index (χ0v) is 13.0. The molecule has 0 aliphatic carbocycles. The largest absolute Gasteiger partial charge is 0.338 e. The van der Waals surface area contributed by atoms with Crippen LogP contribution in [0.15, 0.2) is 41.5 Å². The van der Waals surface area contributed by atoms with Gasteiger partial charge < -0.3 is 0 Å². The first-order valence-corrected chi connectivity index (χ1v) is 7.32. The van der Waals surface area contributed by atoms with Gasteiger partial charge in [-0.2, -0.15) is 0 Å². The average Bonchev–Trinajstić information content (AvgIpc) is 2.89. The fourth-order valence-electron chi connectivity index (χ4n) is 1.94. The zero-order chi connectivity index (χ0) is 14.3. The van der Waals surface area contributed by atoms with Gasteiger partial charge in [0.15, 0.2) is 5.65 Å². The lowest BCUT2D eigenvalue weighted by atomic mass is 10.3. The summed E-state index contributed by atoms with van der Waals surface area (Å²) in [7, 11) is 0. The quantitative estimate of drug-likeness (QED) is 0.487. The van der Waals surface area contributed by atoms with E-state index in [-0.39, 0.29) is 17.4 Å². The van der Waals surface area contributed by atoms with Crippen LogP contribution in [-0.4, -0.2) is 14.0 Å². The molecule has 4 nitrogen and oxygen atoms in total. The van der Waals surface area contributed by atoms with Crippen LogP contribution in [0.25, 0.3) is 11.3 Å². The Morgan fingerprint density at radius 1 is 1.25 bits per heavy atom. The molecule has 0 aliphatic heterocycles. The molecule has 0 bridgehead atoms. The number of fused-ring (bicyclic) bond motifs is 1. The molecule has 0 saturated carbocycles. The second-order valence-electron chi connectivity index (χ2n) is 4.17. The maximum absolute atomic E-state index is 13.0. The summed E-state index contributed by atoms with van der Waals surface area (Å²) < 4.78 is 16.7. The van der Waals surface area contributed by atoms with Gasteiger partial charge in [0.2, 0.25) is 0 Å². The number of benzene rings is 1. The first-order valence-electron chi connectivity index (χ1n) is 5.71. The van der Waals surface area contributed by atoms with Gasteiger partial charge in [-0.1, -0.05) is 0 Å². The van der Waals surface area contributed by atoms with Gasteiger partial charge >= 0.3 is 5.69 Å². The molecule has 0 spiro atoms. The standard InChI is InChI=1S/C13H8ClFIN3O/c14-5-9-6-19-12(17-9)11(16)7-18(13(19)20)10-3-1-8(15)2-4-10/h1-4,6-7H,5H2. The SMILES string of the molecule is O=c1n(-c2ccc(F)cc2)cc(I)c2nc(CCl)cn12. The maximum Gasteiger partial charge on any atom is 0.338 e. The summed E-state index contributed by atoms with van der Waals surface area (Å²) in [5.41, 5.74) is 1.54. The molecule has 1 aromatic carbocycles. The second-order valence-corrected chi connectivity index (χ2v) is 5.59. The molecule has 102 valence electrons. The van der Waals surface area contributed by atoms with Crippen molar-refractivity contribution >= 4 is 39.8 Å². The molecule has 2 heterocycles. The number of hydrogen-bond acceptors (Lipinski definition) is 2. The summed E-state index contributed by atoms with van der Waals surface area (Å²) in [6.07, 6.45) is 3.29. The van der Waals surface area contributed by atoms with Crippen LogP contribution in [0.1, 0.15) is 5.69 Å². The monoisotopic (exact) mass is 403 g/mol. The molecule has 0 amide bonds. The lowest BCUT2D eigenvalue weighted by Gasteiger charge is -2.07. The minimum atomic E-state index is -0.343. The Balaban J connectivity index is 2.29.